The second kappa shape index (κ2) is 5.53. The van der Waals surface area contributed by atoms with Crippen molar-refractivity contribution in [3.63, 3.8) is 0 Å². The highest BCUT2D eigenvalue weighted by Gasteiger charge is 2.27. The van der Waals surface area contributed by atoms with Gasteiger partial charge in [0.2, 0.25) is 5.91 Å². The van der Waals surface area contributed by atoms with Gasteiger partial charge < -0.3 is 10.2 Å². The Balaban J connectivity index is 1.49. The van der Waals surface area contributed by atoms with E-state index in [1.165, 1.54) is 17.7 Å². The number of carbonyl (C=O) groups is 1. The first-order chi connectivity index (χ1) is 9.72. The van der Waals surface area contributed by atoms with Crippen molar-refractivity contribution >= 4 is 11.6 Å². The fraction of sp³-hybridized carbons (Fsp3) is 0.353. The van der Waals surface area contributed by atoms with E-state index in [0.29, 0.717) is 12.3 Å². The van der Waals surface area contributed by atoms with E-state index in [9.17, 15) is 4.79 Å². The molecule has 1 aliphatic carbocycles. The third-order valence-corrected chi connectivity index (χ3v) is 4.01. The van der Waals surface area contributed by atoms with Gasteiger partial charge in [-0.2, -0.15) is 0 Å². The molecule has 1 saturated heterocycles. The van der Waals surface area contributed by atoms with Gasteiger partial charge in [-0.15, -0.1) is 0 Å². The largest absolute Gasteiger partial charge is 0.374 e. The minimum absolute atomic E-state index is 0.0869. The lowest BCUT2D eigenvalue weighted by atomic mass is 10.1. The fourth-order valence-electron chi connectivity index (χ4n) is 2.86. The van der Waals surface area contributed by atoms with E-state index in [4.69, 9.17) is 0 Å². The molecule has 3 heteroatoms. The molecular formula is C17H20N2O. The smallest absolute Gasteiger partial charge is 0.226 e. The minimum Gasteiger partial charge on any atom is -0.374 e. The number of allylic oxidation sites excluding steroid dienone is 3. The number of amides is 1. The van der Waals surface area contributed by atoms with Crippen LogP contribution in [0.15, 0.2) is 48.2 Å². The van der Waals surface area contributed by atoms with E-state index < -0.39 is 0 Å². The monoisotopic (exact) mass is 268 g/mol. The zero-order valence-electron chi connectivity index (χ0n) is 11.8. The molecule has 1 aromatic carbocycles. The molecule has 0 aromatic heterocycles. The van der Waals surface area contributed by atoms with Crippen LogP contribution in [0.25, 0.3) is 0 Å². The summed E-state index contributed by atoms with van der Waals surface area (Å²) >= 11 is 0. The summed E-state index contributed by atoms with van der Waals surface area (Å²) in [6.45, 7) is 3.92. The Hall–Kier alpha value is -2.03. The molecule has 20 heavy (non-hydrogen) atoms. The fourth-order valence-corrected chi connectivity index (χ4v) is 2.86. The quantitative estimate of drug-likeness (QED) is 0.910. The average Bonchev–Trinajstić information content (AvgIpc) is 3.02. The zero-order valence-corrected chi connectivity index (χ0v) is 11.8. The molecule has 1 heterocycles. The molecule has 1 aliphatic heterocycles. The number of carbonyl (C=O) groups excluding carboxylic acids is 1. The normalized spacial score (nSPS) is 19.9. The third-order valence-electron chi connectivity index (χ3n) is 4.01. The number of fused-ring (bicyclic) bond motifs is 1. The van der Waals surface area contributed by atoms with Crippen molar-refractivity contribution in [2.45, 2.75) is 19.8 Å². The van der Waals surface area contributed by atoms with Crippen LogP contribution in [0.2, 0.25) is 0 Å². The Bertz CT molecular complexity index is 557. The topological polar surface area (TPSA) is 32.3 Å². The summed E-state index contributed by atoms with van der Waals surface area (Å²) in [5, 5.41) is 2.95. The maximum atomic E-state index is 12.0. The predicted molar refractivity (Wildman–Crippen MR) is 81.3 cm³/mol. The molecule has 3 nitrogen and oxygen atoms in total. The van der Waals surface area contributed by atoms with Crippen LogP contribution < -0.4 is 5.32 Å². The van der Waals surface area contributed by atoms with Gasteiger partial charge in [-0.3, -0.25) is 4.79 Å². The first kappa shape index (κ1) is 13.0. The molecule has 0 radical (unpaired) electrons. The SMILES string of the molecule is Cc1ccc(NC(=O)CCN2CCC3C=CC=C32)cc1. The lowest BCUT2D eigenvalue weighted by Gasteiger charge is -2.19. The average molecular weight is 268 g/mol. The van der Waals surface area contributed by atoms with E-state index in [-0.39, 0.29) is 5.91 Å². The van der Waals surface area contributed by atoms with Gasteiger partial charge in [0.15, 0.2) is 0 Å². The van der Waals surface area contributed by atoms with Gasteiger partial charge in [0.25, 0.3) is 0 Å². The van der Waals surface area contributed by atoms with Crippen LogP contribution in [-0.4, -0.2) is 23.9 Å². The second-order valence-electron chi connectivity index (χ2n) is 5.52. The molecule has 0 saturated carbocycles. The van der Waals surface area contributed by atoms with Crippen LogP contribution in [0.5, 0.6) is 0 Å². The highest BCUT2D eigenvalue weighted by Crippen LogP contribution is 2.32. The summed E-state index contributed by atoms with van der Waals surface area (Å²) in [4.78, 5) is 14.3. The number of hydrogen-bond donors (Lipinski definition) is 1. The maximum Gasteiger partial charge on any atom is 0.226 e. The van der Waals surface area contributed by atoms with Gasteiger partial charge in [0.05, 0.1) is 0 Å². The Morgan fingerprint density at radius 2 is 2.15 bits per heavy atom. The van der Waals surface area contributed by atoms with Crippen LogP contribution >= 0.6 is 0 Å². The molecule has 2 aliphatic rings. The van der Waals surface area contributed by atoms with Gasteiger partial charge in [0.1, 0.15) is 0 Å². The number of benzene rings is 1. The highest BCUT2D eigenvalue weighted by molar-refractivity contribution is 5.90. The van der Waals surface area contributed by atoms with Crippen molar-refractivity contribution in [2.75, 3.05) is 18.4 Å². The standard InChI is InChI=1S/C17H20N2O/c1-13-5-7-15(8-6-13)18-17(20)10-12-19-11-9-14-3-2-4-16(14)19/h2-8,14H,9-12H2,1H3,(H,18,20). The van der Waals surface area contributed by atoms with Crippen molar-refractivity contribution in [3.8, 4) is 0 Å². The number of likely N-dealkylation sites (tertiary alicyclic amines) is 1. The van der Waals surface area contributed by atoms with Crippen LogP contribution in [0.4, 0.5) is 5.69 Å². The van der Waals surface area contributed by atoms with Gasteiger partial charge >= 0.3 is 0 Å². The number of nitrogens with one attached hydrogen (secondary N) is 1. The minimum atomic E-state index is 0.0869. The molecular weight excluding hydrogens is 248 g/mol. The van der Waals surface area contributed by atoms with Crippen LogP contribution in [0.3, 0.4) is 0 Å². The van der Waals surface area contributed by atoms with E-state index >= 15 is 0 Å². The summed E-state index contributed by atoms with van der Waals surface area (Å²) in [7, 11) is 0. The van der Waals surface area contributed by atoms with Crippen LogP contribution in [0, 0.1) is 12.8 Å². The molecule has 104 valence electrons. The maximum absolute atomic E-state index is 12.0. The molecule has 1 unspecified atom stereocenters. The zero-order chi connectivity index (χ0) is 13.9. The van der Waals surface area contributed by atoms with Crippen molar-refractivity contribution in [1.29, 1.82) is 0 Å². The predicted octanol–water partition coefficient (Wildman–Crippen LogP) is 3.10. The van der Waals surface area contributed by atoms with Crippen LogP contribution in [0.1, 0.15) is 18.4 Å². The second-order valence-corrected chi connectivity index (χ2v) is 5.52. The van der Waals surface area contributed by atoms with Crippen molar-refractivity contribution < 1.29 is 4.79 Å². The van der Waals surface area contributed by atoms with Crippen LogP contribution in [-0.2, 0) is 4.79 Å². The summed E-state index contributed by atoms with van der Waals surface area (Å²) in [6, 6.07) is 7.91. The lowest BCUT2D eigenvalue weighted by molar-refractivity contribution is -0.116. The van der Waals surface area contributed by atoms with E-state index in [2.05, 4.69) is 28.4 Å². The summed E-state index contributed by atoms with van der Waals surface area (Å²) in [5.74, 6) is 0.680. The number of hydrogen-bond acceptors (Lipinski definition) is 2. The number of anilines is 1. The molecule has 1 fully saturated rings. The molecule has 3 rings (SSSR count). The van der Waals surface area contributed by atoms with Gasteiger partial charge in [-0.05, 0) is 31.6 Å². The Morgan fingerprint density at radius 3 is 2.95 bits per heavy atom. The van der Waals surface area contributed by atoms with Crippen molar-refractivity contribution in [1.82, 2.24) is 4.90 Å². The molecule has 1 atom stereocenters. The van der Waals surface area contributed by atoms with E-state index in [0.717, 1.165) is 18.8 Å². The Kier molecular flexibility index (Phi) is 3.59. The molecule has 1 amide bonds. The van der Waals surface area contributed by atoms with Gasteiger partial charge in [-0.25, -0.2) is 0 Å². The molecule has 1 N–H and O–H groups in total. The summed E-state index contributed by atoms with van der Waals surface area (Å²) in [6.07, 6.45) is 8.27. The Labute approximate surface area is 120 Å². The van der Waals surface area contributed by atoms with E-state index in [1.54, 1.807) is 0 Å². The van der Waals surface area contributed by atoms with Crippen molar-refractivity contribution in [3.05, 3.63) is 53.8 Å². The summed E-state index contributed by atoms with van der Waals surface area (Å²) in [5.41, 5.74) is 3.46. The van der Waals surface area contributed by atoms with Gasteiger partial charge in [0, 0.05) is 36.8 Å². The Morgan fingerprint density at radius 1 is 1.35 bits per heavy atom. The number of rotatable bonds is 4. The molecule has 0 bridgehead atoms. The highest BCUT2D eigenvalue weighted by atomic mass is 16.1. The number of aryl methyl sites for hydroxylation is 1. The third kappa shape index (κ3) is 2.77. The molecule has 1 aromatic rings. The summed E-state index contributed by atoms with van der Waals surface area (Å²) < 4.78 is 0. The first-order valence-corrected chi connectivity index (χ1v) is 7.22. The first-order valence-electron chi connectivity index (χ1n) is 7.22. The van der Waals surface area contributed by atoms with E-state index in [1.807, 2.05) is 31.2 Å². The lowest BCUT2D eigenvalue weighted by Crippen LogP contribution is -2.24. The van der Waals surface area contributed by atoms with Crippen molar-refractivity contribution in [2.24, 2.45) is 5.92 Å². The molecule has 0 spiro atoms. The van der Waals surface area contributed by atoms with Gasteiger partial charge in [-0.1, -0.05) is 29.8 Å². The number of nitrogens with zero attached hydrogens (tertiary/aromatic N) is 1.